The van der Waals surface area contributed by atoms with Gasteiger partial charge in [-0.15, -0.1) is 0 Å². The molecule has 3 rings (SSSR count). The minimum absolute atomic E-state index is 0.0719. The lowest BCUT2D eigenvalue weighted by Crippen LogP contribution is -2.42. The van der Waals surface area contributed by atoms with E-state index in [2.05, 4.69) is 29.8 Å². The van der Waals surface area contributed by atoms with Crippen LogP contribution in [0.25, 0.3) is 0 Å². The quantitative estimate of drug-likeness (QED) is 0.196. The number of hydrogen-bond acceptors (Lipinski definition) is 6. The van der Waals surface area contributed by atoms with Gasteiger partial charge in [0.05, 0.1) is 25.8 Å². The molecule has 10 nitrogen and oxygen atoms in total. The minimum Gasteiger partial charge on any atom is -0.482 e. The molecule has 0 aliphatic heterocycles. The highest BCUT2D eigenvalue weighted by atomic mass is 35.5. The third kappa shape index (κ3) is 11.6. The molecule has 3 N–H and O–H groups in total. The molecule has 0 atom stereocenters. The fraction of sp³-hybridized carbons (Fsp3) is 0.333. The van der Waals surface area contributed by atoms with Crippen LogP contribution in [0.15, 0.2) is 72.8 Å². The van der Waals surface area contributed by atoms with Crippen molar-refractivity contribution in [2.24, 2.45) is 5.92 Å². The second-order valence-electron chi connectivity index (χ2n) is 10.5. The molecule has 4 amide bonds. The number of nitrogens with one attached hydrogen (secondary N) is 3. The van der Waals surface area contributed by atoms with Crippen molar-refractivity contribution in [2.45, 2.75) is 39.7 Å². The van der Waals surface area contributed by atoms with Crippen molar-refractivity contribution in [3.63, 3.8) is 0 Å². The average molecular weight is 623 g/mol. The van der Waals surface area contributed by atoms with Crippen LogP contribution in [0.4, 0.5) is 16.2 Å². The van der Waals surface area contributed by atoms with E-state index in [1.54, 1.807) is 65.6 Å². The van der Waals surface area contributed by atoms with Crippen molar-refractivity contribution in [3.05, 3.63) is 88.9 Å². The molecular weight excluding hydrogens is 584 g/mol. The molecule has 0 aliphatic rings. The summed E-state index contributed by atoms with van der Waals surface area (Å²) in [6, 6.07) is 20.4. The standard InChI is InChI=1S/C33H39ClN4O6/c1-23(2)9-8-16-38(31(40)21-36-33(42)37-27-13-7-10-24(18-27)19-32(41)43-3)28-14-4-5-15-29(28)44-22-30(39)35-20-25-11-6-12-26(34)17-25/h4-7,10-15,17-18,23H,8-9,16,19-22H2,1-3H3,(H,35,39)(H2,36,37,42). The van der Waals surface area contributed by atoms with E-state index in [1.165, 1.54) is 7.11 Å². The van der Waals surface area contributed by atoms with Gasteiger partial charge in [-0.3, -0.25) is 14.4 Å². The van der Waals surface area contributed by atoms with Gasteiger partial charge in [0.25, 0.3) is 5.91 Å². The third-order valence-corrected chi connectivity index (χ3v) is 6.75. The van der Waals surface area contributed by atoms with Gasteiger partial charge < -0.3 is 30.3 Å². The van der Waals surface area contributed by atoms with Gasteiger partial charge in [-0.05, 0) is 66.3 Å². The molecule has 0 fully saturated rings. The van der Waals surface area contributed by atoms with Crippen LogP contribution in [0.1, 0.15) is 37.8 Å². The van der Waals surface area contributed by atoms with Crippen molar-refractivity contribution in [3.8, 4) is 5.75 Å². The lowest BCUT2D eigenvalue weighted by Gasteiger charge is -2.25. The zero-order chi connectivity index (χ0) is 31.9. The van der Waals surface area contributed by atoms with E-state index >= 15 is 0 Å². The van der Waals surface area contributed by atoms with E-state index in [1.807, 2.05) is 12.1 Å². The predicted molar refractivity (Wildman–Crippen MR) is 171 cm³/mol. The van der Waals surface area contributed by atoms with Crippen LogP contribution >= 0.6 is 11.6 Å². The fourth-order valence-corrected chi connectivity index (χ4v) is 4.52. The van der Waals surface area contributed by atoms with Gasteiger partial charge in [-0.2, -0.15) is 0 Å². The highest BCUT2D eigenvalue weighted by Crippen LogP contribution is 2.29. The molecule has 0 aromatic heterocycles. The van der Waals surface area contributed by atoms with Gasteiger partial charge in [0.2, 0.25) is 5.91 Å². The molecule has 0 unspecified atom stereocenters. The number of benzene rings is 3. The van der Waals surface area contributed by atoms with E-state index in [-0.39, 0.29) is 31.4 Å². The number of ether oxygens (including phenoxy) is 2. The molecule has 0 bridgehead atoms. The summed E-state index contributed by atoms with van der Waals surface area (Å²) in [4.78, 5) is 51.8. The van der Waals surface area contributed by atoms with Crippen molar-refractivity contribution in [1.82, 2.24) is 10.6 Å². The summed E-state index contributed by atoms with van der Waals surface area (Å²) in [6.45, 7) is 4.39. The largest absolute Gasteiger partial charge is 0.482 e. The number of para-hydroxylation sites is 2. The summed E-state index contributed by atoms with van der Waals surface area (Å²) in [5.41, 5.74) is 2.51. The Morgan fingerprint density at radius 1 is 0.909 bits per heavy atom. The topological polar surface area (TPSA) is 126 Å². The third-order valence-electron chi connectivity index (χ3n) is 6.52. The monoisotopic (exact) mass is 622 g/mol. The molecule has 3 aromatic rings. The molecule has 0 radical (unpaired) electrons. The Morgan fingerprint density at radius 2 is 1.66 bits per heavy atom. The normalized spacial score (nSPS) is 10.6. The Labute approximate surface area is 263 Å². The smallest absolute Gasteiger partial charge is 0.319 e. The molecule has 0 saturated heterocycles. The predicted octanol–water partition coefficient (Wildman–Crippen LogP) is 5.34. The Bertz CT molecular complexity index is 1430. The Morgan fingerprint density at radius 3 is 2.41 bits per heavy atom. The number of halogens is 1. The van der Waals surface area contributed by atoms with Crippen LogP contribution in [0.3, 0.4) is 0 Å². The first kappa shape index (κ1) is 33.9. The maximum absolute atomic E-state index is 13.4. The molecule has 3 aromatic carbocycles. The lowest BCUT2D eigenvalue weighted by atomic mass is 10.1. The van der Waals surface area contributed by atoms with Crippen LogP contribution in [0.5, 0.6) is 5.75 Å². The molecule has 11 heteroatoms. The molecular formula is C33H39ClN4O6. The van der Waals surface area contributed by atoms with Gasteiger partial charge in [-0.1, -0.05) is 61.8 Å². The number of urea groups is 1. The van der Waals surface area contributed by atoms with Crippen LogP contribution in [-0.2, 0) is 32.1 Å². The van der Waals surface area contributed by atoms with Gasteiger partial charge in [-0.25, -0.2) is 4.79 Å². The molecule has 0 saturated carbocycles. The number of carbonyl (C=O) groups is 4. The van der Waals surface area contributed by atoms with E-state index < -0.39 is 12.0 Å². The van der Waals surface area contributed by atoms with Gasteiger partial charge >= 0.3 is 12.0 Å². The first-order valence-corrected chi connectivity index (χ1v) is 14.8. The number of carbonyl (C=O) groups excluding carboxylic acids is 4. The van der Waals surface area contributed by atoms with Gasteiger partial charge in [0.1, 0.15) is 5.75 Å². The number of hydrogen-bond donors (Lipinski definition) is 3. The lowest BCUT2D eigenvalue weighted by molar-refractivity contribution is -0.139. The molecule has 0 spiro atoms. The minimum atomic E-state index is -0.573. The maximum Gasteiger partial charge on any atom is 0.319 e. The zero-order valence-corrected chi connectivity index (χ0v) is 26.0. The Hall–Kier alpha value is -4.57. The van der Waals surface area contributed by atoms with Crippen LogP contribution in [0.2, 0.25) is 5.02 Å². The molecule has 234 valence electrons. The van der Waals surface area contributed by atoms with E-state index in [9.17, 15) is 19.2 Å². The fourth-order valence-electron chi connectivity index (χ4n) is 4.31. The highest BCUT2D eigenvalue weighted by Gasteiger charge is 2.21. The summed E-state index contributed by atoms with van der Waals surface area (Å²) in [7, 11) is 1.31. The van der Waals surface area contributed by atoms with E-state index in [4.69, 9.17) is 21.1 Å². The molecule has 0 aliphatic carbocycles. The van der Waals surface area contributed by atoms with E-state index in [0.29, 0.717) is 46.7 Å². The maximum atomic E-state index is 13.4. The summed E-state index contributed by atoms with van der Waals surface area (Å²) < 4.78 is 10.5. The summed E-state index contributed by atoms with van der Waals surface area (Å²) in [5.74, 6) is -0.246. The summed E-state index contributed by atoms with van der Waals surface area (Å²) in [5, 5.41) is 8.68. The van der Waals surface area contributed by atoms with Crippen molar-refractivity contribution in [2.75, 3.05) is 37.0 Å². The number of esters is 1. The van der Waals surface area contributed by atoms with Crippen molar-refractivity contribution >= 4 is 46.8 Å². The molecule has 44 heavy (non-hydrogen) atoms. The first-order valence-electron chi connectivity index (χ1n) is 14.4. The average Bonchev–Trinajstić information content (AvgIpc) is 3.00. The second kappa shape index (κ2) is 17.5. The Kier molecular flexibility index (Phi) is 13.5. The number of anilines is 2. The highest BCUT2D eigenvalue weighted by molar-refractivity contribution is 6.30. The number of amides is 4. The zero-order valence-electron chi connectivity index (χ0n) is 25.2. The first-order chi connectivity index (χ1) is 21.1. The van der Waals surface area contributed by atoms with Gasteiger partial charge in [0, 0.05) is 23.8 Å². The van der Waals surface area contributed by atoms with Crippen LogP contribution in [-0.4, -0.2) is 50.6 Å². The van der Waals surface area contributed by atoms with E-state index in [0.717, 1.165) is 18.4 Å². The number of nitrogens with zero attached hydrogens (tertiary/aromatic N) is 1. The SMILES string of the molecule is COC(=O)Cc1cccc(NC(=O)NCC(=O)N(CCCC(C)C)c2ccccc2OCC(=O)NCc2cccc(Cl)c2)c1. The number of rotatable bonds is 15. The van der Waals surface area contributed by atoms with Gasteiger partial charge in [0.15, 0.2) is 6.61 Å². The summed E-state index contributed by atoms with van der Waals surface area (Å²) in [6.07, 6.45) is 1.70. The van der Waals surface area contributed by atoms with Crippen LogP contribution in [0, 0.1) is 5.92 Å². The second-order valence-corrected chi connectivity index (χ2v) is 10.9. The van der Waals surface area contributed by atoms with Crippen molar-refractivity contribution in [1.29, 1.82) is 0 Å². The summed E-state index contributed by atoms with van der Waals surface area (Å²) >= 11 is 6.02. The molecule has 0 heterocycles. The van der Waals surface area contributed by atoms with Crippen molar-refractivity contribution < 1.29 is 28.7 Å². The number of methoxy groups -OCH3 is 1. The Balaban J connectivity index is 1.63. The van der Waals surface area contributed by atoms with Crippen LogP contribution < -0.4 is 25.6 Å².